The third-order valence-corrected chi connectivity index (χ3v) is 4.19. The summed E-state index contributed by atoms with van der Waals surface area (Å²) in [5.41, 5.74) is 4.25. The van der Waals surface area contributed by atoms with E-state index < -0.39 is 0 Å². The Kier molecular flexibility index (Phi) is 3.86. The number of halogens is 1. The molecule has 0 spiro atoms. The lowest BCUT2D eigenvalue weighted by molar-refractivity contribution is 0.112. The second kappa shape index (κ2) is 6.32. The van der Waals surface area contributed by atoms with Crippen LogP contribution in [0.15, 0.2) is 72.8 Å². The fourth-order valence-electron chi connectivity index (χ4n) is 2.97. The maximum absolute atomic E-state index is 13.3. The van der Waals surface area contributed by atoms with E-state index in [0.29, 0.717) is 12.1 Å². The molecule has 0 aliphatic heterocycles. The molecule has 4 rings (SSSR count). The van der Waals surface area contributed by atoms with E-state index in [9.17, 15) is 9.18 Å². The first kappa shape index (κ1) is 15.3. The smallest absolute Gasteiger partial charge is 0.150 e. The molecule has 0 unspecified atom stereocenters. The molecule has 1 heterocycles. The zero-order valence-electron chi connectivity index (χ0n) is 13.4. The molecular weight excluding hydrogens is 315 g/mol. The molecule has 4 aromatic rings. The van der Waals surface area contributed by atoms with Crippen LogP contribution < -0.4 is 0 Å². The van der Waals surface area contributed by atoms with E-state index in [1.54, 1.807) is 24.3 Å². The van der Waals surface area contributed by atoms with Crippen LogP contribution in [0.25, 0.3) is 22.4 Å². The maximum Gasteiger partial charge on any atom is 0.150 e. The number of rotatable bonds is 4. The second-order valence-electron chi connectivity index (χ2n) is 5.88. The van der Waals surface area contributed by atoms with Gasteiger partial charge in [-0.3, -0.25) is 4.79 Å². The predicted molar refractivity (Wildman–Crippen MR) is 96.1 cm³/mol. The number of aldehydes is 1. The lowest BCUT2D eigenvalue weighted by Crippen LogP contribution is -2.02. The Bertz CT molecular complexity index is 1040. The van der Waals surface area contributed by atoms with E-state index in [0.717, 1.165) is 34.3 Å². The summed E-state index contributed by atoms with van der Waals surface area (Å²) in [5, 5.41) is 0. The van der Waals surface area contributed by atoms with Gasteiger partial charge in [-0.1, -0.05) is 30.3 Å². The Morgan fingerprint density at radius 2 is 1.72 bits per heavy atom. The average Bonchev–Trinajstić information content (AvgIpc) is 3.01. The summed E-state index contributed by atoms with van der Waals surface area (Å²) >= 11 is 0. The number of nitrogens with zero attached hydrogens (tertiary/aromatic N) is 2. The highest BCUT2D eigenvalue weighted by atomic mass is 19.1. The normalized spacial score (nSPS) is 10.9. The summed E-state index contributed by atoms with van der Waals surface area (Å²) in [7, 11) is 0. The van der Waals surface area contributed by atoms with Crippen molar-refractivity contribution in [3.8, 4) is 11.4 Å². The lowest BCUT2D eigenvalue weighted by Gasteiger charge is -2.10. The van der Waals surface area contributed by atoms with Gasteiger partial charge in [0.05, 0.1) is 11.0 Å². The molecule has 25 heavy (non-hydrogen) atoms. The Morgan fingerprint density at radius 1 is 0.960 bits per heavy atom. The monoisotopic (exact) mass is 330 g/mol. The van der Waals surface area contributed by atoms with Crippen LogP contribution in [0.3, 0.4) is 0 Å². The minimum Gasteiger partial charge on any atom is -0.319 e. The van der Waals surface area contributed by atoms with Gasteiger partial charge in [0, 0.05) is 17.7 Å². The fourth-order valence-corrected chi connectivity index (χ4v) is 2.97. The van der Waals surface area contributed by atoms with Gasteiger partial charge in [-0.2, -0.15) is 0 Å². The Balaban J connectivity index is 1.91. The molecule has 0 atom stereocenters. The highest BCUT2D eigenvalue weighted by Crippen LogP contribution is 2.26. The van der Waals surface area contributed by atoms with Crippen LogP contribution in [0.1, 0.15) is 15.9 Å². The Hall–Kier alpha value is -3.27. The number of aromatic nitrogens is 2. The number of hydrogen-bond acceptors (Lipinski definition) is 2. The maximum atomic E-state index is 13.3. The first-order valence-electron chi connectivity index (χ1n) is 8.00. The fraction of sp³-hybridized carbons (Fsp3) is 0.0476. The summed E-state index contributed by atoms with van der Waals surface area (Å²) in [5.74, 6) is 0.472. The average molecular weight is 330 g/mol. The van der Waals surface area contributed by atoms with E-state index in [1.807, 2.05) is 24.3 Å². The van der Waals surface area contributed by atoms with Crippen molar-refractivity contribution < 1.29 is 9.18 Å². The summed E-state index contributed by atoms with van der Waals surface area (Å²) in [6.07, 6.45) is 0.813. The largest absolute Gasteiger partial charge is 0.319 e. The van der Waals surface area contributed by atoms with Crippen molar-refractivity contribution in [3.05, 3.63) is 89.7 Å². The van der Waals surface area contributed by atoms with Gasteiger partial charge in [0.15, 0.2) is 0 Å². The molecule has 0 aliphatic rings. The van der Waals surface area contributed by atoms with Gasteiger partial charge in [-0.05, 0) is 48.0 Å². The van der Waals surface area contributed by atoms with Crippen LogP contribution in [0.2, 0.25) is 0 Å². The third kappa shape index (κ3) is 2.94. The van der Waals surface area contributed by atoms with E-state index in [4.69, 9.17) is 4.98 Å². The molecule has 0 fully saturated rings. The number of benzene rings is 3. The summed E-state index contributed by atoms with van der Waals surface area (Å²) < 4.78 is 15.4. The molecule has 0 N–H and O–H groups in total. The van der Waals surface area contributed by atoms with Crippen LogP contribution in [0, 0.1) is 5.82 Å². The SMILES string of the molecule is O=Cc1ccc2c(c1)nc(-c1ccc(F)cc1)n2Cc1ccccc1. The minimum atomic E-state index is -0.280. The summed E-state index contributed by atoms with van der Waals surface area (Å²) in [6, 6.07) is 21.8. The van der Waals surface area contributed by atoms with Gasteiger partial charge in [0.2, 0.25) is 0 Å². The van der Waals surface area contributed by atoms with Crippen molar-refractivity contribution >= 4 is 17.3 Å². The molecule has 0 radical (unpaired) electrons. The zero-order chi connectivity index (χ0) is 17.2. The van der Waals surface area contributed by atoms with Crippen LogP contribution >= 0.6 is 0 Å². The van der Waals surface area contributed by atoms with Crippen molar-refractivity contribution in [2.24, 2.45) is 0 Å². The van der Waals surface area contributed by atoms with Gasteiger partial charge in [0.25, 0.3) is 0 Å². The molecule has 3 nitrogen and oxygen atoms in total. The number of imidazole rings is 1. The first-order valence-corrected chi connectivity index (χ1v) is 8.00. The molecule has 0 saturated heterocycles. The van der Waals surface area contributed by atoms with E-state index in [-0.39, 0.29) is 5.82 Å². The van der Waals surface area contributed by atoms with Gasteiger partial charge < -0.3 is 4.57 Å². The van der Waals surface area contributed by atoms with Crippen molar-refractivity contribution in [2.75, 3.05) is 0 Å². The van der Waals surface area contributed by atoms with Gasteiger partial charge in [-0.15, -0.1) is 0 Å². The van der Waals surface area contributed by atoms with E-state index in [2.05, 4.69) is 16.7 Å². The van der Waals surface area contributed by atoms with Crippen LogP contribution in [-0.2, 0) is 6.54 Å². The zero-order valence-corrected chi connectivity index (χ0v) is 13.4. The quantitative estimate of drug-likeness (QED) is 0.508. The molecule has 3 aromatic carbocycles. The second-order valence-corrected chi connectivity index (χ2v) is 5.88. The van der Waals surface area contributed by atoms with E-state index >= 15 is 0 Å². The number of carbonyl (C=O) groups is 1. The molecular formula is C21H15FN2O. The minimum absolute atomic E-state index is 0.280. The molecule has 122 valence electrons. The van der Waals surface area contributed by atoms with Gasteiger partial charge in [-0.25, -0.2) is 9.37 Å². The van der Waals surface area contributed by atoms with Crippen molar-refractivity contribution in [3.63, 3.8) is 0 Å². The number of fused-ring (bicyclic) bond motifs is 1. The molecule has 0 saturated carbocycles. The number of carbonyl (C=O) groups excluding carboxylic acids is 1. The summed E-state index contributed by atoms with van der Waals surface area (Å²) in [4.78, 5) is 15.8. The first-order chi connectivity index (χ1) is 12.2. The molecule has 1 aromatic heterocycles. The van der Waals surface area contributed by atoms with Gasteiger partial charge >= 0.3 is 0 Å². The lowest BCUT2D eigenvalue weighted by atomic mass is 10.2. The molecule has 4 heteroatoms. The molecule has 0 aliphatic carbocycles. The topological polar surface area (TPSA) is 34.9 Å². The molecule has 0 bridgehead atoms. The Labute approximate surface area is 144 Å². The summed E-state index contributed by atoms with van der Waals surface area (Å²) in [6.45, 7) is 0.643. The van der Waals surface area contributed by atoms with Crippen LogP contribution in [0.4, 0.5) is 4.39 Å². The van der Waals surface area contributed by atoms with Crippen molar-refractivity contribution in [1.29, 1.82) is 0 Å². The standard InChI is InChI=1S/C21H15FN2O/c22-18-9-7-17(8-10-18)21-23-19-12-16(14-25)6-11-20(19)24(21)13-15-4-2-1-3-5-15/h1-12,14H,13H2. The molecule has 0 amide bonds. The Morgan fingerprint density at radius 3 is 2.44 bits per heavy atom. The van der Waals surface area contributed by atoms with Gasteiger partial charge in [0.1, 0.15) is 17.9 Å². The van der Waals surface area contributed by atoms with Crippen molar-refractivity contribution in [1.82, 2.24) is 9.55 Å². The predicted octanol–water partition coefficient (Wildman–Crippen LogP) is 4.70. The highest BCUT2D eigenvalue weighted by molar-refractivity contribution is 5.87. The van der Waals surface area contributed by atoms with Crippen LogP contribution in [-0.4, -0.2) is 15.8 Å². The van der Waals surface area contributed by atoms with Crippen LogP contribution in [0.5, 0.6) is 0 Å². The number of hydrogen-bond donors (Lipinski definition) is 0. The highest BCUT2D eigenvalue weighted by Gasteiger charge is 2.13. The third-order valence-electron chi connectivity index (χ3n) is 4.19. The van der Waals surface area contributed by atoms with E-state index in [1.165, 1.54) is 12.1 Å². The van der Waals surface area contributed by atoms with Crippen molar-refractivity contribution in [2.45, 2.75) is 6.54 Å².